The van der Waals surface area contributed by atoms with Crippen LogP contribution in [0.2, 0.25) is 0 Å². The van der Waals surface area contributed by atoms with Gasteiger partial charge in [0.15, 0.2) is 0 Å². The third-order valence-electron chi connectivity index (χ3n) is 9.43. The Morgan fingerprint density at radius 1 is 1.03 bits per heavy atom. The molecular formula is C29H35FN2O2. The van der Waals surface area contributed by atoms with Gasteiger partial charge in [0.1, 0.15) is 17.9 Å². The molecule has 1 aliphatic carbocycles. The largest absolute Gasteiger partial charge is 0.492 e. The summed E-state index contributed by atoms with van der Waals surface area (Å²) in [5, 5.41) is 0. The van der Waals surface area contributed by atoms with Crippen molar-refractivity contribution >= 4 is 12.0 Å². The van der Waals surface area contributed by atoms with Crippen molar-refractivity contribution in [1.82, 2.24) is 4.90 Å². The first kappa shape index (κ1) is 22.1. The van der Waals surface area contributed by atoms with Crippen LogP contribution < -0.4 is 9.64 Å². The smallest absolute Gasteiger partial charge is 0.150 e. The third kappa shape index (κ3) is 3.64. The lowest BCUT2D eigenvalue weighted by Crippen LogP contribution is -2.51. The number of carbonyl (C=O) groups is 1. The maximum atomic E-state index is 14.2. The number of fused-ring (bicyclic) bond motifs is 2. The predicted molar refractivity (Wildman–Crippen MR) is 132 cm³/mol. The summed E-state index contributed by atoms with van der Waals surface area (Å²) in [6, 6.07) is 11.3. The van der Waals surface area contributed by atoms with Crippen molar-refractivity contribution in [2.75, 3.05) is 44.2 Å². The van der Waals surface area contributed by atoms with Crippen molar-refractivity contribution in [3.63, 3.8) is 0 Å². The summed E-state index contributed by atoms with van der Waals surface area (Å²) in [6.45, 7) is 8.18. The Labute approximate surface area is 202 Å². The molecule has 0 bridgehead atoms. The van der Waals surface area contributed by atoms with E-state index in [1.165, 1.54) is 37.8 Å². The summed E-state index contributed by atoms with van der Waals surface area (Å²) < 4.78 is 20.3. The summed E-state index contributed by atoms with van der Waals surface area (Å²) in [4.78, 5) is 16.2. The molecule has 0 N–H and O–H groups in total. The van der Waals surface area contributed by atoms with Gasteiger partial charge >= 0.3 is 0 Å². The minimum absolute atomic E-state index is 0.0950. The molecule has 5 heteroatoms. The lowest BCUT2D eigenvalue weighted by molar-refractivity contribution is -0.000723. The van der Waals surface area contributed by atoms with Crippen molar-refractivity contribution < 1.29 is 13.9 Å². The van der Waals surface area contributed by atoms with Gasteiger partial charge in [-0.3, -0.25) is 4.79 Å². The average Bonchev–Trinajstić information content (AvgIpc) is 3.19. The Hall–Kier alpha value is -2.40. The SMILES string of the molecule is Cc1c(C=O)ccc2c1OCC21CCN(CC2CC3(CCN(c4ccccc4F)CC3)C2)CC1. The summed E-state index contributed by atoms with van der Waals surface area (Å²) >= 11 is 0. The first-order valence-electron chi connectivity index (χ1n) is 12.9. The van der Waals surface area contributed by atoms with E-state index in [0.29, 0.717) is 5.41 Å². The molecule has 3 fully saturated rings. The number of ether oxygens (including phenoxy) is 1. The van der Waals surface area contributed by atoms with E-state index in [0.717, 1.165) is 80.4 Å². The number of para-hydroxylation sites is 1. The second-order valence-corrected chi connectivity index (χ2v) is 11.4. The lowest BCUT2D eigenvalue weighted by atomic mass is 9.57. The Morgan fingerprint density at radius 3 is 2.47 bits per heavy atom. The van der Waals surface area contributed by atoms with Crippen LogP contribution in [0, 0.1) is 24.1 Å². The van der Waals surface area contributed by atoms with E-state index in [1.807, 2.05) is 25.1 Å². The highest BCUT2D eigenvalue weighted by molar-refractivity contribution is 5.79. The highest BCUT2D eigenvalue weighted by Gasteiger charge is 2.48. The molecule has 3 aliphatic heterocycles. The standard InChI is InChI=1S/C29H35FN2O2/c1-21-23(19-33)6-7-24-27(21)34-20-29(24)10-12-31(13-11-29)18-22-16-28(17-22)8-14-32(15-9-28)26-5-3-2-4-25(26)30/h2-7,19,22H,8-18,20H2,1H3. The normalized spacial score (nSPS) is 23.5. The average molecular weight is 463 g/mol. The number of aldehydes is 1. The molecule has 2 aromatic carbocycles. The molecule has 180 valence electrons. The molecule has 34 heavy (non-hydrogen) atoms. The number of benzene rings is 2. The molecule has 0 atom stereocenters. The van der Waals surface area contributed by atoms with Crippen LogP contribution in [0.3, 0.4) is 0 Å². The number of anilines is 1. The van der Waals surface area contributed by atoms with Gasteiger partial charge in [0.2, 0.25) is 0 Å². The Morgan fingerprint density at radius 2 is 1.76 bits per heavy atom. The quantitative estimate of drug-likeness (QED) is 0.572. The number of rotatable bonds is 4. The fraction of sp³-hybridized carbons (Fsp3) is 0.552. The highest BCUT2D eigenvalue weighted by atomic mass is 19.1. The zero-order valence-electron chi connectivity index (χ0n) is 20.2. The van der Waals surface area contributed by atoms with E-state index in [4.69, 9.17) is 4.74 Å². The molecule has 4 aliphatic rings. The minimum Gasteiger partial charge on any atom is -0.492 e. The summed E-state index contributed by atoms with van der Waals surface area (Å²) in [6.07, 6.45) is 8.25. The summed E-state index contributed by atoms with van der Waals surface area (Å²) in [5.41, 5.74) is 4.44. The first-order valence-corrected chi connectivity index (χ1v) is 12.9. The van der Waals surface area contributed by atoms with Crippen molar-refractivity contribution in [2.24, 2.45) is 11.3 Å². The molecule has 0 amide bonds. The second kappa shape index (κ2) is 8.37. The lowest BCUT2D eigenvalue weighted by Gasteiger charge is -2.54. The van der Waals surface area contributed by atoms with Crippen molar-refractivity contribution in [2.45, 2.75) is 50.9 Å². The number of nitrogens with zero attached hydrogens (tertiary/aromatic N) is 2. The zero-order valence-corrected chi connectivity index (χ0v) is 20.2. The van der Waals surface area contributed by atoms with Crippen LogP contribution >= 0.6 is 0 Å². The van der Waals surface area contributed by atoms with Crippen LogP contribution in [0.4, 0.5) is 10.1 Å². The number of likely N-dealkylation sites (tertiary alicyclic amines) is 1. The Kier molecular flexibility index (Phi) is 5.44. The summed E-state index contributed by atoms with van der Waals surface area (Å²) in [5.74, 6) is 1.67. The van der Waals surface area contributed by atoms with Crippen LogP contribution in [-0.2, 0) is 5.41 Å². The topological polar surface area (TPSA) is 32.8 Å². The van der Waals surface area contributed by atoms with Gasteiger partial charge in [-0.2, -0.15) is 0 Å². The van der Waals surface area contributed by atoms with Crippen molar-refractivity contribution in [3.8, 4) is 5.75 Å². The van der Waals surface area contributed by atoms with E-state index < -0.39 is 0 Å². The minimum atomic E-state index is -0.0950. The number of halogens is 1. The van der Waals surface area contributed by atoms with Crippen LogP contribution in [-0.4, -0.2) is 50.5 Å². The third-order valence-corrected chi connectivity index (χ3v) is 9.43. The molecule has 0 radical (unpaired) electrons. The Balaban J connectivity index is 1.01. The van der Waals surface area contributed by atoms with E-state index in [1.54, 1.807) is 12.1 Å². The maximum Gasteiger partial charge on any atom is 0.150 e. The van der Waals surface area contributed by atoms with Crippen LogP contribution in [0.1, 0.15) is 60.0 Å². The van der Waals surface area contributed by atoms with E-state index in [2.05, 4.69) is 15.9 Å². The molecule has 2 aromatic rings. The molecular weight excluding hydrogens is 427 g/mol. The Bertz CT molecular complexity index is 1080. The molecule has 0 aromatic heterocycles. The number of hydrogen-bond donors (Lipinski definition) is 0. The maximum absolute atomic E-state index is 14.2. The molecule has 3 heterocycles. The summed E-state index contributed by atoms with van der Waals surface area (Å²) in [7, 11) is 0. The fourth-order valence-electron chi connectivity index (χ4n) is 7.30. The molecule has 6 rings (SSSR count). The van der Waals surface area contributed by atoms with Gasteiger partial charge < -0.3 is 14.5 Å². The van der Waals surface area contributed by atoms with Gasteiger partial charge in [-0.05, 0) is 82.0 Å². The predicted octanol–water partition coefficient (Wildman–Crippen LogP) is 5.37. The van der Waals surface area contributed by atoms with Crippen LogP contribution in [0.25, 0.3) is 0 Å². The van der Waals surface area contributed by atoms with E-state index in [-0.39, 0.29) is 11.2 Å². The van der Waals surface area contributed by atoms with Gasteiger partial charge in [-0.15, -0.1) is 0 Å². The van der Waals surface area contributed by atoms with Gasteiger partial charge in [0, 0.05) is 41.7 Å². The fourth-order valence-corrected chi connectivity index (χ4v) is 7.30. The second-order valence-electron chi connectivity index (χ2n) is 11.4. The van der Waals surface area contributed by atoms with Crippen LogP contribution in [0.5, 0.6) is 5.75 Å². The van der Waals surface area contributed by atoms with Crippen molar-refractivity contribution in [3.05, 3.63) is 58.9 Å². The van der Waals surface area contributed by atoms with E-state index >= 15 is 0 Å². The highest BCUT2D eigenvalue weighted by Crippen LogP contribution is 2.54. The molecule has 2 saturated heterocycles. The van der Waals surface area contributed by atoms with Gasteiger partial charge in [0.05, 0.1) is 12.3 Å². The molecule has 2 spiro atoms. The molecule has 4 nitrogen and oxygen atoms in total. The zero-order chi connectivity index (χ0) is 23.3. The van der Waals surface area contributed by atoms with E-state index in [9.17, 15) is 9.18 Å². The first-order chi connectivity index (χ1) is 16.5. The van der Waals surface area contributed by atoms with Crippen molar-refractivity contribution in [1.29, 1.82) is 0 Å². The monoisotopic (exact) mass is 462 g/mol. The number of hydrogen-bond acceptors (Lipinski definition) is 4. The van der Waals surface area contributed by atoms with Gasteiger partial charge in [0.25, 0.3) is 0 Å². The van der Waals surface area contributed by atoms with Gasteiger partial charge in [-0.1, -0.05) is 24.3 Å². The number of piperidine rings is 2. The molecule has 1 saturated carbocycles. The number of carbonyl (C=O) groups excluding carboxylic acids is 1. The van der Waals surface area contributed by atoms with Gasteiger partial charge in [-0.25, -0.2) is 4.39 Å². The molecule has 0 unspecified atom stereocenters. The van der Waals surface area contributed by atoms with Crippen LogP contribution in [0.15, 0.2) is 36.4 Å².